The number of carbonyl (C=O) groups is 1. The molecular weight excluding hydrogens is 264 g/mol. The van der Waals surface area contributed by atoms with Crippen LogP contribution in [0.25, 0.3) is 0 Å². The highest BCUT2D eigenvalue weighted by Gasteiger charge is 2.19. The Morgan fingerprint density at radius 1 is 1.29 bits per heavy atom. The van der Waals surface area contributed by atoms with E-state index in [9.17, 15) is 4.79 Å². The van der Waals surface area contributed by atoms with Gasteiger partial charge in [0.05, 0.1) is 6.42 Å². The van der Waals surface area contributed by atoms with Crippen LogP contribution in [0.4, 0.5) is 0 Å². The van der Waals surface area contributed by atoms with Gasteiger partial charge in [-0.15, -0.1) is 0 Å². The first-order chi connectivity index (χ1) is 10.2. The van der Waals surface area contributed by atoms with E-state index in [2.05, 4.69) is 23.2 Å². The van der Waals surface area contributed by atoms with Crippen molar-refractivity contribution in [2.24, 2.45) is 5.92 Å². The van der Waals surface area contributed by atoms with Gasteiger partial charge in [0.1, 0.15) is 0 Å². The second-order valence-electron chi connectivity index (χ2n) is 5.87. The summed E-state index contributed by atoms with van der Waals surface area (Å²) in [5, 5.41) is 12.4. The van der Waals surface area contributed by atoms with Gasteiger partial charge in [0.25, 0.3) is 0 Å². The van der Waals surface area contributed by atoms with E-state index in [4.69, 9.17) is 5.11 Å². The standard InChI is InChI=1S/C17H26N2O2/c1-2-18-12-14-7-9-19(10-8-14)13-16-6-4-3-5-15(16)11-17(20)21/h3-6,14,18H,2,7-13H2,1H3,(H,20,21). The van der Waals surface area contributed by atoms with Crippen LogP contribution in [0, 0.1) is 5.92 Å². The van der Waals surface area contributed by atoms with Gasteiger partial charge in [-0.25, -0.2) is 0 Å². The molecule has 1 heterocycles. The van der Waals surface area contributed by atoms with Crippen LogP contribution in [0.5, 0.6) is 0 Å². The Labute approximate surface area is 127 Å². The largest absolute Gasteiger partial charge is 0.481 e. The van der Waals surface area contributed by atoms with Crippen LogP contribution in [-0.4, -0.2) is 42.2 Å². The first kappa shape index (κ1) is 16.0. The van der Waals surface area contributed by atoms with Gasteiger partial charge in [0.15, 0.2) is 0 Å². The Kier molecular flexibility index (Phi) is 6.21. The number of rotatable bonds is 7. The van der Waals surface area contributed by atoms with E-state index >= 15 is 0 Å². The summed E-state index contributed by atoms with van der Waals surface area (Å²) in [7, 11) is 0. The van der Waals surface area contributed by atoms with Crippen molar-refractivity contribution >= 4 is 5.97 Å². The Hall–Kier alpha value is -1.39. The average Bonchev–Trinajstić information content (AvgIpc) is 2.48. The van der Waals surface area contributed by atoms with Gasteiger partial charge in [0.2, 0.25) is 0 Å². The van der Waals surface area contributed by atoms with Gasteiger partial charge in [0, 0.05) is 6.54 Å². The lowest BCUT2D eigenvalue weighted by Crippen LogP contribution is -2.37. The van der Waals surface area contributed by atoms with Gasteiger partial charge in [-0.1, -0.05) is 31.2 Å². The van der Waals surface area contributed by atoms with Gasteiger partial charge < -0.3 is 10.4 Å². The number of hydrogen-bond acceptors (Lipinski definition) is 3. The number of aliphatic carboxylic acids is 1. The zero-order chi connectivity index (χ0) is 15.1. The molecule has 0 amide bonds. The first-order valence-electron chi connectivity index (χ1n) is 7.90. The summed E-state index contributed by atoms with van der Waals surface area (Å²) in [6.07, 6.45) is 2.58. The third-order valence-corrected chi connectivity index (χ3v) is 4.24. The maximum Gasteiger partial charge on any atom is 0.307 e. The zero-order valence-electron chi connectivity index (χ0n) is 12.8. The van der Waals surface area contributed by atoms with Crippen molar-refractivity contribution < 1.29 is 9.90 Å². The van der Waals surface area contributed by atoms with Crippen LogP contribution in [0.1, 0.15) is 30.9 Å². The van der Waals surface area contributed by atoms with E-state index in [1.54, 1.807) is 0 Å². The number of likely N-dealkylation sites (tertiary alicyclic amines) is 1. The van der Waals surface area contributed by atoms with Gasteiger partial charge in [-0.2, -0.15) is 0 Å². The highest BCUT2D eigenvalue weighted by atomic mass is 16.4. The van der Waals surface area contributed by atoms with Crippen LogP contribution < -0.4 is 5.32 Å². The smallest absolute Gasteiger partial charge is 0.307 e. The molecule has 1 aliphatic rings. The number of hydrogen-bond donors (Lipinski definition) is 2. The van der Waals surface area contributed by atoms with Crippen molar-refractivity contribution in [1.29, 1.82) is 0 Å². The lowest BCUT2D eigenvalue weighted by Gasteiger charge is -2.32. The number of carboxylic acid groups (broad SMARTS) is 1. The molecule has 1 saturated heterocycles. The van der Waals surface area contributed by atoms with Crippen LogP contribution in [-0.2, 0) is 17.8 Å². The minimum absolute atomic E-state index is 0.118. The maximum absolute atomic E-state index is 10.9. The van der Waals surface area contributed by atoms with E-state index in [-0.39, 0.29) is 6.42 Å². The summed E-state index contributed by atoms with van der Waals surface area (Å²) in [6.45, 7) is 7.41. The summed E-state index contributed by atoms with van der Waals surface area (Å²) in [5.41, 5.74) is 2.10. The third-order valence-electron chi connectivity index (χ3n) is 4.24. The SMILES string of the molecule is CCNCC1CCN(Cc2ccccc2CC(=O)O)CC1. The molecule has 4 heteroatoms. The molecule has 2 rings (SSSR count). The minimum atomic E-state index is -0.758. The molecule has 1 aromatic rings. The molecule has 1 aromatic carbocycles. The second kappa shape index (κ2) is 8.15. The molecule has 0 aromatic heterocycles. The molecular formula is C17H26N2O2. The Morgan fingerprint density at radius 3 is 2.57 bits per heavy atom. The van der Waals surface area contributed by atoms with Crippen LogP contribution in [0.2, 0.25) is 0 Å². The number of benzene rings is 1. The lowest BCUT2D eigenvalue weighted by atomic mass is 9.95. The van der Waals surface area contributed by atoms with Crippen molar-refractivity contribution in [2.45, 2.75) is 32.7 Å². The third kappa shape index (κ3) is 5.14. The molecule has 1 aliphatic heterocycles. The Morgan fingerprint density at radius 2 is 1.95 bits per heavy atom. The summed E-state index contributed by atoms with van der Waals surface area (Å²) in [6, 6.07) is 7.91. The van der Waals surface area contributed by atoms with Crippen LogP contribution in [0.15, 0.2) is 24.3 Å². The highest BCUT2D eigenvalue weighted by molar-refractivity contribution is 5.70. The minimum Gasteiger partial charge on any atom is -0.481 e. The normalized spacial score (nSPS) is 17.0. The molecule has 0 atom stereocenters. The molecule has 0 unspecified atom stereocenters. The highest BCUT2D eigenvalue weighted by Crippen LogP contribution is 2.20. The number of carboxylic acids is 1. The van der Waals surface area contributed by atoms with E-state index in [1.807, 2.05) is 18.2 Å². The van der Waals surface area contributed by atoms with Crippen LogP contribution in [0.3, 0.4) is 0 Å². The predicted molar refractivity (Wildman–Crippen MR) is 84.3 cm³/mol. The quantitative estimate of drug-likeness (QED) is 0.808. The molecule has 1 fully saturated rings. The maximum atomic E-state index is 10.9. The molecule has 4 nitrogen and oxygen atoms in total. The fourth-order valence-corrected chi connectivity index (χ4v) is 2.99. The fourth-order valence-electron chi connectivity index (χ4n) is 2.99. The molecule has 116 valence electrons. The number of piperidine rings is 1. The van der Waals surface area contributed by atoms with E-state index in [1.165, 1.54) is 12.8 Å². The second-order valence-corrected chi connectivity index (χ2v) is 5.87. The van der Waals surface area contributed by atoms with Crippen molar-refractivity contribution in [2.75, 3.05) is 26.2 Å². The van der Waals surface area contributed by atoms with Crippen molar-refractivity contribution in [1.82, 2.24) is 10.2 Å². The zero-order valence-corrected chi connectivity index (χ0v) is 12.8. The molecule has 0 radical (unpaired) electrons. The topological polar surface area (TPSA) is 52.6 Å². The number of nitrogens with one attached hydrogen (secondary N) is 1. The summed E-state index contributed by atoms with van der Waals surface area (Å²) < 4.78 is 0. The predicted octanol–water partition coefficient (Wildman–Crippen LogP) is 2.14. The molecule has 0 spiro atoms. The lowest BCUT2D eigenvalue weighted by molar-refractivity contribution is -0.136. The van der Waals surface area contributed by atoms with Crippen molar-refractivity contribution in [3.63, 3.8) is 0 Å². The van der Waals surface area contributed by atoms with Crippen LogP contribution >= 0.6 is 0 Å². The van der Waals surface area contributed by atoms with Crippen molar-refractivity contribution in [3.05, 3.63) is 35.4 Å². The van der Waals surface area contributed by atoms with E-state index in [0.29, 0.717) is 0 Å². The van der Waals surface area contributed by atoms with E-state index < -0.39 is 5.97 Å². The van der Waals surface area contributed by atoms with Gasteiger partial charge in [-0.05, 0) is 56.1 Å². The molecule has 0 aliphatic carbocycles. The monoisotopic (exact) mass is 290 g/mol. The Bertz CT molecular complexity index is 454. The summed E-state index contributed by atoms with van der Waals surface area (Å²) in [5.74, 6) is 0.0299. The summed E-state index contributed by atoms with van der Waals surface area (Å²) >= 11 is 0. The number of nitrogens with zero attached hydrogens (tertiary/aromatic N) is 1. The van der Waals surface area contributed by atoms with E-state index in [0.717, 1.165) is 49.8 Å². The fraction of sp³-hybridized carbons (Fsp3) is 0.588. The van der Waals surface area contributed by atoms with Crippen molar-refractivity contribution in [3.8, 4) is 0 Å². The Balaban J connectivity index is 1.87. The molecule has 21 heavy (non-hydrogen) atoms. The van der Waals surface area contributed by atoms with Gasteiger partial charge in [-0.3, -0.25) is 9.69 Å². The first-order valence-corrected chi connectivity index (χ1v) is 7.90. The molecule has 0 bridgehead atoms. The summed E-state index contributed by atoms with van der Waals surface area (Å²) in [4.78, 5) is 13.4. The molecule has 2 N–H and O–H groups in total. The average molecular weight is 290 g/mol. The molecule has 0 saturated carbocycles. The van der Waals surface area contributed by atoms with Gasteiger partial charge >= 0.3 is 5.97 Å².